The molecule has 3 rings (SSSR count). The van der Waals surface area contributed by atoms with Crippen LogP contribution in [0.15, 0.2) is 24.3 Å². The fourth-order valence-corrected chi connectivity index (χ4v) is 3.79. The van der Waals surface area contributed by atoms with Gasteiger partial charge in [-0.2, -0.15) is 0 Å². The van der Waals surface area contributed by atoms with Gasteiger partial charge >= 0.3 is 0 Å². The van der Waals surface area contributed by atoms with E-state index in [4.69, 9.17) is 0 Å². The van der Waals surface area contributed by atoms with Gasteiger partial charge in [0.2, 0.25) is 5.91 Å². The lowest BCUT2D eigenvalue weighted by Gasteiger charge is -2.28. The Morgan fingerprint density at radius 3 is 2.62 bits per heavy atom. The zero-order chi connectivity index (χ0) is 14.8. The number of rotatable bonds is 4. The summed E-state index contributed by atoms with van der Waals surface area (Å²) < 4.78 is 0. The van der Waals surface area contributed by atoms with E-state index in [2.05, 4.69) is 48.3 Å². The van der Waals surface area contributed by atoms with Crippen molar-refractivity contribution >= 4 is 5.91 Å². The van der Waals surface area contributed by atoms with E-state index in [-0.39, 0.29) is 18.1 Å². The topological polar surface area (TPSA) is 32.3 Å². The number of nitrogens with zero attached hydrogens (tertiary/aromatic N) is 1. The van der Waals surface area contributed by atoms with Gasteiger partial charge in [-0.15, -0.1) is 0 Å². The highest BCUT2D eigenvalue weighted by atomic mass is 16.2. The first-order valence-electron chi connectivity index (χ1n) is 8.32. The molecule has 2 unspecified atom stereocenters. The van der Waals surface area contributed by atoms with Gasteiger partial charge in [0.05, 0.1) is 6.04 Å². The van der Waals surface area contributed by atoms with Crippen molar-refractivity contribution in [3.8, 4) is 0 Å². The number of hydrogen-bond donors (Lipinski definition) is 1. The van der Waals surface area contributed by atoms with Crippen LogP contribution in [0.3, 0.4) is 0 Å². The minimum absolute atomic E-state index is 0.0176. The molecule has 1 amide bonds. The molecule has 1 aromatic carbocycles. The number of nitrogens with one attached hydrogen (secondary N) is 1. The summed E-state index contributed by atoms with van der Waals surface area (Å²) in [7, 11) is 0. The number of carbonyl (C=O) groups is 1. The van der Waals surface area contributed by atoms with Gasteiger partial charge in [0.15, 0.2) is 0 Å². The predicted molar refractivity (Wildman–Crippen MR) is 84.8 cm³/mol. The highest BCUT2D eigenvalue weighted by Crippen LogP contribution is 2.33. The van der Waals surface area contributed by atoms with Gasteiger partial charge in [-0.3, -0.25) is 10.1 Å². The van der Waals surface area contributed by atoms with Crippen molar-refractivity contribution in [3.05, 3.63) is 35.4 Å². The molecule has 1 aromatic rings. The monoisotopic (exact) mass is 286 g/mol. The summed E-state index contributed by atoms with van der Waals surface area (Å²) in [5.41, 5.74) is 2.51. The van der Waals surface area contributed by atoms with Crippen molar-refractivity contribution in [3.63, 3.8) is 0 Å². The molecule has 1 heterocycles. The summed E-state index contributed by atoms with van der Waals surface area (Å²) in [6.07, 6.45) is 6.13. The third-order valence-electron chi connectivity index (χ3n) is 5.07. The van der Waals surface area contributed by atoms with E-state index in [1.807, 2.05) is 0 Å². The zero-order valence-corrected chi connectivity index (χ0v) is 13.1. The molecule has 1 saturated carbocycles. The molecule has 0 bridgehead atoms. The smallest absolute Gasteiger partial charge is 0.241 e. The lowest BCUT2D eigenvalue weighted by molar-refractivity contribution is -0.130. The SMILES string of the molecule is CCC1NC(c2ccccc2C)N(CC2CCCC2)C1=O. The van der Waals surface area contributed by atoms with Gasteiger partial charge in [0, 0.05) is 6.54 Å². The fourth-order valence-electron chi connectivity index (χ4n) is 3.79. The lowest BCUT2D eigenvalue weighted by Crippen LogP contribution is -2.35. The average Bonchev–Trinajstić information content (AvgIpc) is 3.10. The molecule has 3 heteroatoms. The maximum Gasteiger partial charge on any atom is 0.241 e. The van der Waals surface area contributed by atoms with Gasteiger partial charge in [-0.25, -0.2) is 0 Å². The molecule has 1 N–H and O–H groups in total. The first kappa shape index (κ1) is 14.6. The van der Waals surface area contributed by atoms with E-state index in [9.17, 15) is 4.79 Å². The van der Waals surface area contributed by atoms with Crippen LogP contribution in [0.2, 0.25) is 0 Å². The van der Waals surface area contributed by atoms with E-state index in [1.54, 1.807) is 0 Å². The maximum atomic E-state index is 12.7. The summed E-state index contributed by atoms with van der Waals surface area (Å²) in [6.45, 7) is 5.14. The molecule has 2 fully saturated rings. The highest BCUT2D eigenvalue weighted by Gasteiger charge is 2.40. The number of hydrogen-bond acceptors (Lipinski definition) is 2. The molecule has 0 radical (unpaired) electrons. The third kappa shape index (κ3) is 2.84. The standard InChI is InChI=1S/C18H26N2O/c1-3-16-18(21)20(12-14-9-5-6-10-14)17(19-16)15-11-7-4-8-13(15)2/h4,7-8,11,14,16-17,19H,3,5-6,9-10,12H2,1-2H3. The van der Waals surface area contributed by atoms with Crippen LogP contribution in [0.1, 0.15) is 56.3 Å². The second-order valence-corrected chi connectivity index (χ2v) is 6.53. The fraction of sp³-hybridized carbons (Fsp3) is 0.611. The van der Waals surface area contributed by atoms with Crippen molar-refractivity contribution in [1.82, 2.24) is 10.2 Å². The molecule has 114 valence electrons. The number of benzene rings is 1. The predicted octanol–water partition coefficient (Wildman–Crippen LogP) is 3.39. The zero-order valence-electron chi connectivity index (χ0n) is 13.1. The molecule has 1 aliphatic heterocycles. The van der Waals surface area contributed by atoms with E-state index in [0.29, 0.717) is 5.92 Å². The Balaban J connectivity index is 1.85. The maximum absolute atomic E-state index is 12.7. The Labute approximate surface area is 127 Å². The molecular weight excluding hydrogens is 260 g/mol. The van der Waals surface area contributed by atoms with Gasteiger partial charge in [0.25, 0.3) is 0 Å². The molecule has 2 atom stereocenters. The second kappa shape index (κ2) is 6.18. The van der Waals surface area contributed by atoms with Crippen LogP contribution in [0, 0.1) is 12.8 Å². The van der Waals surface area contributed by atoms with Crippen LogP contribution in [0.25, 0.3) is 0 Å². The number of amides is 1. The largest absolute Gasteiger partial charge is 0.321 e. The molecular formula is C18H26N2O. The van der Waals surface area contributed by atoms with Crippen LogP contribution < -0.4 is 5.32 Å². The van der Waals surface area contributed by atoms with Crippen molar-refractivity contribution in [2.45, 2.75) is 58.2 Å². The minimum Gasteiger partial charge on any atom is -0.321 e. The Bertz CT molecular complexity index is 508. The number of carbonyl (C=O) groups excluding carboxylic acids is 1. The molecule has 0 aromatic heterocycles. The first-order valence-corrected chi connectivity index (χ1v) is 8.32. The van der Waals surface area contributed by atoms with Gasteiger partial charge in [0.1, 0.15) is 6.17 Å². The third-order valence-corrected chi connectivity index (χ3v) is 5.07. The average molecular weight is 286 g/mol. The quantitative estimate of drug-likeness (QED) is 0.920. The molecule has 21 heavy (non-hydrogen) atoms. The van der Waals surface area contributed by atoms with Crippen LogP contribution >= 0.6 is 0 Å². The van der Waals surface area contributed by atoms with E-state index in [1.165, 1.54) is 36.8 Å². The van der Waals surface area contributed by atoms with Crippen molar-refractivity contribution < 1.29 is 4.79 Å². The van der Waals surface area contributed by atoms with Gasteiger partial charge in [-0.1, -0.05) is 44.0 Å². The Morgan fingerprint density at radius 2 is 1.95 bits per heavy atom. The van der Waals surface area contributed by atoms with Crippen LogP contribution in [-0.2, 0) is 4.79 Å². The van der Waals surface area contributed by atoms with Crippen LogP contribution in [-0.4, -0.2) is 23.4 Å². The summed E-state index contributed by atoms with van der Waals surface area (Å²) in [5.74, 6) is 0.982. The minimum atomic E-state index is -0.0176. The molecule has 2 aliphatic rings. The summed E-state index contributed by atoms with van der Waals surface area (Å²) in [4.78, 5) is 14.8. The van der Waals surface area contributed by atoms with Crippen molar-refractivity contribution in [1.29, 1.82) is 0 Å². The van der Waals surface area contributed by atoms with Gasteiger partial charge < -0.3 is 4.90 Å². The van der Waals surface area contributed by atoms with E-state index < -0.39 is 0 Å². The molecule has 3 nitrogen and oxygen atoms in total. The van der Waals surface area contributed by atoms with Crippen molar-refractivity contribution in [2.24, 2.45) is 5.92 Å². The van der Waals surface area contributed by atoms with E-state index >= 15 is 0 Å². The number of aryl methyl sites for hydroxylation is 1. The van der Waals surface area contributed by atoms with Crippen LogP contribution in [0.4, 0.5) is 0 Å². The van der Waals surface area contributed by atoms with Gasteiger partial charge in [-0.05, 0) is 43.2 Å². The first-order chi connectivity index (χ1) is 10.2. The van der Waals surface area contributed by atoms with Crippen molar-refractivity contribution in [2.75, 3.05) is 6.54 Å². The summed E-state index contributed by atoms with van der Waals surface area (Å²) >= 11 is 0. The Hall–Kier alpha value is -1.35. The Kier molecular flexibility index (Phi) is 4.29. The Morgan fingerprint density at radius 1 is 1.24 bits per heavy atom. The second-order valence-electron chi connectivity index (χ2n) is 6.53. The molecule has 1 aliphatic carbocycles. The molecule has 0 spiro atoms. The molecule has 1 saturated heterocycles. The van der Waals surface area contributed by atoms with E-state index in [0.717, 1.165) is 13.0 Å². The van der Waals surface area contributed by atoms with Crippen LogP contribution in [0.5, 0.6) is 0 Å². The highest BCUT2D eigenvalue weighted by molar-refractivity contribution is 5.84. The lowest BCUT2D eigenvalue weighted by atomic mass is 10.0. The summed E-state index contributed by atoms with van der Waals surface area (Å²) in [5, 5.41) is 3.55. The normalized spacial score (nSPS) is 26.8. The summed E-state index contributed by atoms with van der Waals surface area (Å²) in [6, 6.07) is 8.40.